The molecule has 0 spiro atoms. The monoisotopic (exact) mass is 113 g/mol. The number of carbonyl (C=O) groups is 2. The van der Waals surface area contributed by atoms with Gasteiger partial charge in [-0.1, -0.05) is 6.92 Å². The lowest BCUT2D eigenvalue weighted by atomic mass is 10.2. The molecule has 0 N–H and O–H groups in total. The largest absolute Gasteiger partial charge is 0.299 e. The molecule has 0 unspecified atom stereocenters. The van der Waals surface area contributed by atoms with E-state index in [0.717, 1.165) is 6.42 Å². The first-order valence-corrected chi connectivity index (χ1v) is 2.55. The van der Waals surface area contributed by atoms with Gasteiger partial charge in [0.1, 0.15) is 11.6 Å². The van der Waals surface area contributed by atoms with Crippen molar-refractivity contribution in [3.05, 3.63) is 6.42 Å². The van der Waals surface area contributed by atoms with Crippen LogP contribution in [0.15, 0.2) is 0 Å². The number of hydrogen-bond donors (Lipinski definition) is 0. The third kappa shape index (κ3) is 3.53. The number of rotatable bonds is 3. The lowest BCUT2D eigenvalue weighted by molar-refractivity contribution is -0.120. The molecule has 1 radical (unpaired) electrons. The van der Waals surface area contributed by atoms with Gasteiger partial charge in [-0.05, 0) is 6.92 Å². The molecule has 0 atom stereocenters. The highest BCUT2D eigenvalue weighted by atomic mass is 16.1. The first kappa shape index (κ1) is 7.34. The van der Waals surface area contributed by atoms with Crippen LogP contribution in [0.1, 0.15) is 20.3 Å². The van der Waals surface area contributed by atoms with E-state index in [1.807, 2.05) is 0 Å². The van der Waals surface area contributed by atoms with E-state index in [9.17, 15) is 9.59 Å². The van der Waals surface area contributed by atoms with Crippen molar-refractivity contribution in [3.63, 3.8) is 0 Å². The molecule has 0 aromatic carbocycles. The summed E-state index contributed by atoms with van der Waals surface area (Å²) < 4.78 is 0. The van der Waals surface area contributed by atoms with Crippen LogP contribution >= 0.6 is 0 Å². The maximum atomic E-state index is 10.3. The minimum absolute atomic E-state index is 0.0995. The highest BCUT2D eigenvalue weighted by molar-refractivity contribution is 6.09. The molecule has 0 amide bonds. The average Bonchev–Trinajstić information content (AvgIpc) is 1.65. The minimum Gasteiger partial charge on any atom is -0.299 e. The van der Waals surface area contributed by atoms with Crippen LogP contribution in [0.5, 0.6) is 0 Å². The third-order valence-corrected chi connectivity index (χ3v) is 0.713. The van der Waals surface area contributed by atoms with Gasteiger partial charge >= 0.3 is 0 Å². The second-order valence-corrected chi connectivity index (χ2v) is 1.57. The van der Waals surface area contributed by atoms with Crippen molar-refractivity contribution >= 4 is 11.6 Å². The van der Waals surface area contributed by atoms with Gasteiger partial charge in [-0.25, -0.2) is 0 Å². The Bertz CT molecular complexity index is 105. The van der Waals surface area contributed by atoms with Crippen molar-refractivity contribution in [2.24, 2.45) is 0 Å². The molecule has 2 nitrogen and oxygen atoms in total. The van der Waals surface area contributed by atoms with Crippen LogP contribution in [-0.2, 0) is 9.59 Å². The fourth-order valence-electron chi connectivity index (χ4n) is 0.329. The Morgan fingerprint density at radius 1 is 1.50 bits per heavy atom. The lowest BCUT2D eigenvalue weighted by Gasteiger charge is -1.86. The van der Waals surface area contributed by atoms with Gasteiger partial charge in [0.25, 0.3) is 0 Å². The first-order valence-electron chi connectivity index (χ1n) is 2.55. The summed E-state index contributed by atoms with van der Waals surface area (Å²) in [6, 6.07) is 0. The second kappa shape index (κ2) is 3.36. The smallest absolute Gasteiger partial charge is 0.144 e. The van der Waals surface area contributed by atoms with Crippen molar-refractivity contribution in [3.8, 4) is 0 Å². The maximum Gasteiger partial charge on any atom is 0.144 e. The average molecular weight is 113 g/mol. The van der Waals surface area contributed by atoms with Crippen molar-refractivity contribution in [2.45, 2.75) is 20.3 Å². The van der Waals surface area contributed by atoms with Gasteiger partial charge in [0.05, 0.1) is 6.42 Å². The van der Waals surface area contributed by atoms with Gasteiger partial charge in [0, 0.05) is 6.42 Å². The molecule has 0 aliphatic carbocycles. The highest BCUT2D eigenvalue weighted by Gasteiger charge is 2.00. The van der Waals surface area contributed by atoms with E-state index in [2.05, 4.69) is 0 Å². The molecule has 0 heterocycles. The van der Waals surface area contributed by atoms with Crippen molar-refractivity contribution in [1.29, 1.82) is 0 Å². The van der Waals surface area contributed by atoms with E-state index in [4.69, 9.17) is 0 Å². The van der Waals surface area contributed by atoms with E-state index in [-0.39, 0.29) is 11.6 Å². The second-order valence-electron chi connectivity index (χ2n) is 1.57. The highest BCUT2D eigenvalue weighted by Crippen LogP contribution is 1.86. The lowest BCUT2D eigenvalue weighted by Crippen LogP contribution is -2.02. The van der Waals surface area contributed by atoms with Crippen molar-refractivity contribution in [2.75, 3.05) is 0 Å². The Kier molecular flexibility index (Phi) is 3.08. The van der Waals surface area contributed by atoms with Crippen LogP contribution in [0.4, 0.5) is 0 Å². The summed E-state index contributed by atoms with van der Waals surface area (Å²) in [5.41, 5.74) is 0. The van der Waals surface area contributed by atoms with Crippen molar-refractivity contribution in [1.82, 2.24) is 0 Å². The minimum atomic E-state index is -0.170. The third-order valence-electron chi connectivity index (χ3n) is 0.713. The zero-order chi connectivity index (χ0) is 6.57. The quantitative estimate of drug-likeness (QED) is 0.506. The summed E-state index contributed by atoms with van der Waals surface area (Å²) in [4.78, 5) is 20.5. The van der Waals surface area contributed by atoms with E-state index < -0.39 is 0 Å². The van der Waals surface area contributed by atoms with Crippen LogP contribution < -0.4 is 0 Å². The normalized spacial score (nSPS) is 8.75. The molecule has 2 heteroatoms. The Labute approximate surface area is 48.9 Å². The Morgan fingerprint density at radius 3 is 2.12 bits per heavy atom. The van der Waals surface area contributed by atoms with Gasteiger partial charge in [0.15, 0.2) is 0 Å². The summed E-state index contributed by atoms with van der Waals surface area (Å²) in [6.45, 7) is 3.09. The fraction of sp³-hybridized carbons (Fsp3) is 0.500. The van der Waals surface area contributed by atoms with E-state index >= 15 is 0 Å². The predicted molar refractivity (Wildman–Crippen MR) is 30.3 cm³/mol. The molecular weight excluding hydrogens is 104 g/mol. The van der Waals surface area contributed by atoms with E-state index in [1.165, 1.54) is 6.92 Å². The molecule has 0 saturated carbocycles. The molecule has 45 valence electrons. The molecule has 0 aromatic rings. The van der Waals surface area contributed by atoms with Crippen LogP contribution in [-0.4, -0.2) is 11.6 Å². The summed E-state index contributed by atoms with van der Waals surface area (Å²) >= 11 is 0. The van der Waals surface area contributed by atoms with Gasteiger partial charge in [0.2, 0.25) is 0 Å². The number of carbonyl (C=O) groups excluding carboxylic acids is 2. The molecule has 0 aromatic heterocycles. The number of ketones is 2. The molecule has 0 saturated heterocycles. The summed E-state index contributed by atoms with van der Waals surface area (Å²) in [5.74, 6) is -0.269. The summed E-state index contributed by atoms with van der Waals surface area (Å²) in [7, 11) is 0. The van der Waals surface area contributed by atoms with Crippen molar-refractivity contribution < 1.29 is 9.59 Å². The van der Waals surface area contributed by atoms with Crippen LogP contribution in [0.3, 0.4) is 0 Å². The molecule has 8 heavy (non-hydrogen) atoms. The fourth-order valence-corrected chi connectivity index (χ4v) is 0.329. The van der Waals surface area contributed by atoms with E-state index in [1.54, 1.807) is 6.92 Å². The van der Waals surface area contributed by atoms with Gasteiger partial charge in [-0.3, -0.25) is 9.59 Å². The number of Topliss-reactive ketones (excluding diaryl/α,β-unsaturated/α-hetero) is 2. The van der Waals surface area contributed by atoms with Gasteiger partial charge < -0.3 is 0 Å². The molecular formula is C6H9O2. The van der Waals surface area contributed by atoms with Crippen LogP contribution in [0, 0.1) is 6.42 Å². The topological polar surface area (TPSA) is 34.1 Å². The molecule has 0 aliphatic heterocycles. The van der Waals surface area contributed by atoms with Gasteiger partial charge in [-0.15, -0.1) is 0 Å². The maximum absolute atomic E-state index is 10.3. The summed E-state index contributed by atoms with van der Waals surface area (Å²) in [6.07, 6.45) is 1.53. The predicted octanol–water partition coefficient (Wildman–Crippen LogP) is 0.759. The summed E-state index contributed by atoms with van der Waals surface area (Å²) in [5, 5.41) is 0. The Morgan fingerprint density at radius 2 is 2.00 bits per heavy atom. The number of hydrogen-bond acceptors (Lipinski definition) is 2. The van der Waals surface area contributed by atoms with Crippen LogP contribution in [0.25, 0.3) is 0 Å². The zero-order valence-electron chi connectivity index (χ0n) is 5.10. The van der Waals surface area contributed by atoms with E-state index in [0.29, 0.717) is 6.42 Å². The van der Waals surface area contributed by atoms with Crippen LogP contribution in [0.2, 0.25) is 0 Å². The Hall–Kier alpha value is -0.660. The Balaban J connectivity index is 3.40. The molecule has 0 aliphatic rings. The van der Waals surface area contributed by atoms with Gasteiger partial charge in [-0.2, -0.15) is 0 Å². The zero-order valence-corrected chi connectivity index (χ0v) is 5.10. The molecule has 0 rings (SSSR count). The molecule has 0 bridgehead atoms. The first-order chi connectivity index (χ1) is 3.66. The SMILES string of the molecule is CCC(=O)[CH]C(C)=O. The standard InChI is InChI=1S/C6H9O2/c1-3-6(8)4-5(2)7/h4H,3H2,1-2H3. The molecule has 0 fully saturated rings.